The molecule has 2 aliphatic heterocycles. The lowest BCUT2D eigenvalue weighted by molar-refractivity contribution is -0.907. The molecule has 2 atom stereocenters. The van der Waals surface area contributed by atoms with Crippen LogP contribution < -0.4 is 9.47 Å². The van der Waals surface area contributed by atoms with E-state index >= 15 is 0 Å². The molecule has 5 rings (SSSR count). The highest BCUT2D eigenvalue weighted by Crippen LogP contribution is 2.45. The van der Waals surface area contributed by atoms with Gasteiger partial charge in [-0.05, 0) is 76.3 Å². The lowest BCUT2D eigenvalue weighted by atomic mass is 9.84. The van der Waals surface area contributed by atoms with Crippen LogP contribution >= 0.6 is 0 Å². The van der Waals surface area contributed by atoms with Crippen LogP contribution in [0.5, 0.6) is 11.5 Å². The number of methoxy groups -OCH3 is 2. The first-order valence-corrected chi connectivity index (χ1v) is 10.1. The molecular formula is C24H27NO3. The average Bonchev–Trinajstić information content (AvgIpc) is 3.06. The second kappa shape index (κ2) is 6.10. The van der Waals surface area contributed by atoms with Crippen molar-refractivity contribution in [2.45, 2.75) is 45.7 Å². The van der Waals surface area contributed by atoms with Crippen molar-refractivity contribution in [1.29, 1.82) is 0 Å². The molecule has 4 heteroatoms. The molecule has 2 aliphatic rings. The number of hydrogen-bond acceptors (Lipinski definition) is 3. The third kappa shape index (κ3) is 2.38. The molecule has 0 spiro atoms. The fraction of sp³-hybridized carbons (Fsp3) is 0.417. The van der Waals surface area contributed by atoms with Gasteiger partial charge in [-0.15, -0.1) is 0 Å². The first-order chi connectivity index (χ1) is 13.4. The van der Waals surface area contributed by atoms with Gasteiger partial charge in [0.25, 0.3) is 0 Å². The summed E-state index contributed by atoms with van der Waals surface area (Å²) < 4.78 is 11.2. The molecular weight excluding hydrogens is 350 g/mol. The Labute approximate surface area is 165 Å². The van der Waals surface area contributed by atoms with Crippen LogP contribution in [0, 0.1) is 19.1 Å². The minimum absolute atomic E-state index is 0.0627. The van der Waals surface area contributed by atoms with Crippen LogP contribution in [0.3, 0.4) is 0 Å². The summed E-state index contributed by atoms with van der Waals surface area (Å²) >= 11 is 0. The van der Waals surface area contributed by atoms with Crippen LogP contribution in [-0.4, -0.2) is 31.5 Å². The molecule has 3 aromatic carbocycles. The number of fused-ring (bicyclic) bond motifs is 7. The number of rotatable bonds is 2. The zero-order valence-corrected chi connectivity index (χ0v) is 17.1. The van der Waals surface area contributed by atoms with Crippen molar-refractivity contribution >= 4 is 21.5 Å². The van der Waals surface area contributed by atoms with Gasteiger partial charge in [0.1, 0.15) is 18.0 Å². The summed E-state index contributed by atoms with van der Waals surface area (Å²) in [6.45, 7) is 5.48. The van der Waals surface area contributed by atoms with E-state index in [1.54, 1.807) is 14.2 Å². The van der Waals surface area contributed by atoms with E-state index in [-0.39, 0.29) is 10.7 Å². The molecule has 28 heavy (non-hydrogen) atoms. The fourth-order valence-corrected chi connectivity index (χ4v) is 5.49. The molecule has 0 amide bonds. The van der Waals surface area contributed by atoms with Gasteiger partial charge in [0.2, 0.25) is 0 Å². The summed E-state index contributed by atoms with van der Waals surface area (Å²) in [4.78, 5) is 0. The molecule has 0 radical (unpaired) electrons. The summed E-state index contributed by atoms with van der Waals surface area (Å²) in [7, 11) is 3.45. The van der Waals surface area contributed by atoms with E-state index in [2.05, 4.69) is 38.1 Å². The van der Waals surface area contributed by atoms with Gasteiger partial charge in [0.05, 0.1) is 26.8 Å². The van der Waals surface area contributed by atoms with Gasteiger partial charge in [-0.25, -0.2) is 0 Å². The Kier molecular flexibility index (Phi) is 3.87. The lowest BCUT2D eigenvalue weighted by Crippen LogP contribution is -2.49. The quantitative estimate of drug-likeness (QED) is 0.352. The van der Waals surface area contributed by atoms with E-state index < -0.39 is 0 Å². The molecule has 4 nitrogen and oxygen atoms in total. The maximum atomic E-state index is 13.5. The Morgan fingerprint density at radius 2 is 1.43 bits per heavy atom. The van der Waals surface area contributed by atoms with E-state index in [9.17, 15) is 5.21 Å². The molecule has 1 saturated heterocycles. The molecule has 0 aromatic heterocycles. The summed E-state index contributed by atoms with van der Waals surface area (Å²) in [6, 6.07) is 8.97. The number of quaternary nitrogens is 1. The van der Waals surface area contributed by atoms with Crippen LogP contribution in [0.1, 0.15) is 35.1 Å². The van der Waals surface area contributed by atoms with Crippen LogP contribution in [0.15, 0.2) is 24.3 Å². The summed E-state index contributed by atoms with van der Waals surface area (Å²) in [5.74, 6) is 1.81. The van der Waals surface area contributed by atoms with Gasteiger partial charge in [0.15, 0.2) is 0 Å². The van der Waals surface area contributed by atoms with E-state index in [0.717, 1.165) is 48.4 Å². The molecule has 2 unspecified atom stereocenters. The molecule has 1 fully saturated rings. The van der Waals surface area contributed by atoms with Crippen LogP contribution in [0.2, 0.25) is 0 Å². The number of nitrogens with zero attached hydrogens (tertiary/aromatic N) is 1. The number of hydrogen-bond donors (Lipinski definition) is 0. The minimum Gasteiger partial charge on any atom is -0.632 e. The highest BCUT2D eigenvalue weighted by Gasteiger charge is 2.40. The third-order valence-electron chi connectivity index (χ3n) is 6.98. The zero-order valence-electron chi connectivity index (χ0n) is 17.1. The largest absolute Gasteiger partial charge is 0.632 e. The monoisotopic (exact) mass is 377 g/mol. The van der Waals surface area contributed by atoms with Crippen LogP contribution in [-0.2, 0) is 13.0 Å². The van der Waals surface area contributed by atoms with Crippen molar-refractivity contribution in [3.63, 3.8) is 0 Å². The topological polar surface area (TPSA) is 41.5 Å². The molecule has 146 valence electrons. The van der Waals surface area contributed by atoms with E-state index in [0.29, 0.717) is 6.54 Å². The molecule has 0 saturated carbocycles. The van der Waals surface area contributed by atoms with Crippen molar-refractivity contribution in [2.75, 3.05) is 20.8 Å². The molecule has 2 heterocycles. The Bertz CT molecular complexity index is 1120. The first kappa shape index (κ1) is 17.8. The smallest absolute Gasteiger partial charge is 0.122 e. The second-order valence-corrected chi connectivity index (χ2v) is 8.53. The Morgan fingerprint density at radius 3 is 2.00 bits per heavy atom. The van der Waals surface area contributed by atoms with E-state index in [4.69, 9.17) is 9.47 Å². The summed E-state index contributed by atoms with van der Waals surface area (Å²) in [6.07, 6.45) is 2.92. The fourth-order valence-electron chi connectivity index (χ4n) is 5.49. The number of hydroxylamine groups is 3. The third-order valence-corrected chi connectivity index (χ3v) is 6.98. The van der Waals surface area contributed by atoms with Crippen LogP contribution in [0.25, 0.3) is 21.5 Å². The predicted octanol–water partition coefficient (Wildman–Crippen LogP) is 5.16. The summed E-state index contributed by atoms with van der Waals surface area (Å²) in [5.41, 5.74) is 4.80. The van der Waals surface area contributed by atoms with Crippen molar-refractivity contribution in [3.8, 4) is 11.5 Å². The summed E-state index contributed by atoms with van der Waals surface area (Å²) in [5, 5.41) is 18.4. The van der Waals surface area contributed by atoms with Gasteiger partial charge in [-0.1, -0.05) is 0 Å². The van der Waals surface area contributed by atoms with Crippen molar-refractivity contribution < 1.29 is 14.1 Å². The Morgan fingerprint density at radius 1 is 0.857 bits per heavy atom. The van der Waals surface area contributed by atoms with Gasteiger partial charge in [-0.2, -0.15) is 0 Å². The normalized spacial score (nSPS) is 23.7. The second-order valence-electron chi connectivity index (χ2n) is 8.53. The maximum Gasteiger partial charge on any atom is 0.122 e. The van der Waals surface area contributed by atoms with Gasteiger partial charge >= 0.3 is 0 Å². The average molecular weight is 377 g/mol. The van der Waals surface area contributed by atoms with Crippen molar-refractivity contribution in [3.05, 3.63) is 51.7 Å². The van der Waals surface area contributed by atoms with E-state index in [1.807, 2.05) is 0 Å². The van der Waals surface area contributed by atoms with Gasteiger partial charge in [-0.3, -0.25) is 0 Å². The first-order valence-electron chi connectivity index (χ1n) is 10.1. The van der Waals surface area contributed by atoms with Crippen LogP contribution in [0.4, 0.5) is 0 Å². The molecule has 3 aromatic rings. The Hall–Kier alpha value is -2.30. The minimum atomic E-state index is -0.0627. The highest BCUT2D eigenvalue weighted by molar-refractivity contribution is 6.12. The van der Waals surface area contributed by atoms with Crippen molar-refractivity contribution in [1.82, 2.24) is 0 Å². The molecule has 0 bridgehead atoms. The van der Waals surface area contributed by atoms with Gasteiger partial charge < -0.3 is 19.3 Å². The SMILES string of the molecule is COc1cc2c3c(c4cc(OC)c(C)cc4c2cc1C)C[N+]1([O-])CCCC1C3. The van der Waals surface area contributed by atoms with E-state index in [1.165, 1.54) is 32.7 Å². The molecule has 0 N–H and O–H groups in total. The van der Waals surface area contributed by atoms with Crippen molar-refractivity contribution in [2.24, 2.45) is 0 Å². The maximum absolute atomic E-state index is 13.5. The number of ether oxygens (including phenoxy) is 2. The molecule has 0 aliphatic carbocycles. The standard InChI is InChI=1S/C24H27NO3/c1-14-8-17-18-9-15(2)24(28-4)12-21(18)22-13-25(26)7-5-6-16(25)10-19(22)20(17)11-23(14)27-3/h8-9,11-12,16H,5-7,10,13H2,1-4H3. The lowest BCUT2D eigenvalue weighted by Gasteiger charge is -2.48. The number of aryl methyl sites for hydroxylation is 2. The highest BCUT2D eigenvalue weighted by atomic mass is 16.5. The van der Waals surface area contributed by atoms with Gasteiger partial charge in [0, 0.05) is 24.8 Å². The zero-order chi connectivity index (χ0) is 19.6. The number of benzene rings is 3. The Balaban J connectivity index is 1.92. The predicted molar refractivity (Wildman–Crippen MR) is 113 cm³/mol.